The van der Waals surface area contributed by atoms with Gasteiger partial charge >= 0.3 is 0 Å². The fraction of sp³-hybridized carbons (Fsp3) is 0.655. The van der Waals surface area contributed by atoms with Gasteiger partial charge in [0, 0.05) is 37.0 Å². The van der Waals surface area contributed by atoms with Crippen LogP contribution in [0.15, 0.2) is 24.3 Å². The number of nitrogens with zero attached hydrogens (tertiary/aromatic N) is 3. The molecule has 0 bridgehead atoms. The van der Waals surface area contributed by atoms with Crippen LogP contribution in [0.4, 0.5) is 0 Å². The minimum absolute atomic E-state index is 0.0408. The van der Waals surface area contributed by atoms with Gasteiger partial charge in [-0.2, -0.15) is 5.10 Å². The summed E-state index contributed by atoms with van der Waals surface area (Å²) in [5.74, 6) is 0.102. The molecule has 0 saturated carbocycles. The van der Waals surface area contributed by atoms with Crippen LogP contribution in [0.5, 0.6) is 0 Å². The van der Waals surface area contributed by atoms with Gasteiger partial charge in [0.05, 0.1) is 35.7 Å². The van der Waals surface area contributed by atoms with Crippen molar-refractivity contribution in [1.82, 2.24) is 14.7 Å². The summed E-state index contributed by atoms with van der Waals surface area (Å²) in [5.41, 5.74) is 4.01. The van der Waals surface area contributed by atoms with E-state index in [0.717, 1.165) is 79.9 Å². The standard InChI is InChI=1S/C29H41N3O4/c1-19-25(20(2)31(6)30-19)21-7-9-22(10-8-21)26(33)32-15-13-29(14-16-32)17-24(35-18-29)28(5)12-11-23(36-28)27(3,4)34/h7-10,23-24,34H,11-18H2,1-6H3/t23-,24+,28+/m0/s1. The lowest BCUT2D eigenvalue weighted by atomic mass is 9.74. The maximum Gasteiger partial charge on any atom is 0.253 e. The van der Waals surface area contributed by atoms with Crippen molar-refractivity contribution in [1.29, 1.82) is 0 Å². The molecule has 7 nitrogen and oxygen atoms in total. The van der Waals surface area contributed by atoms with E-state index in [1.54, 1.807) is 0 Å². The Labute approximate surface area is 214 Å². The van der Waals surface area contributed by atoms with E-state index in [4.69, 9.17) is 9.47 Å². The summed E-state index contributed by atoms with van der Waals surface area (Å²) in [5, 5.41) is 14.9. The Hall–Kier alpha value is -2.22. The second-order valence-electron chi connectivity index (χ2n) is 12.2. The van der Waals surface area contributed by atoms with Crippen molar-refractivity contribution >= 4 is 5.91 Å². The molecule has 5 rings (SSSR count). The lowest BCUT2D eigenvalue weighted by Gasteiger charge is -2.39. The summed E-state index contributed by atoms with van der Waals surface area (Å²) in [7, 11) is 1.96. The third kappa shape index (κ3) is 4.50. The Morgan fingerprint density at radius 2 is 1.81 bits per heavy atom. The third-order valence-corrected chi connectivity index (χ3v) is 9.03. The smallest absolute Gasteiger partial charge is 0.253 e. The summed E-state index contributed by atoms with van der Waals surface area (Å²) in [4.78, 5) is 15.3. The molecular weight excluding hydrogens is 454 g/mol. The topological polar surface area (TPSA) is 76.8 Å². The average molecular weight is 496 g/mol. The molecule has 4 heterocycles. The largest absolute Gasteiger partial charge is 0.388 e. The molecule has 1 amide bonds. The quantitative estimate of drug-likeness (QED) is 0.679. The first-order valence-corrected chi connectivity index (χ1v) is 13.3. The second kappa shape index (κ2) is 8.96. The molecule has 1 N–H and O–H groups in total. The van der Waals surface area contributed by atoms with Crippen LogP contribution in [-0.4, -0.2) is 68.8 Å². The van der Waals surface area contributed by atoms with Gasteiger partial charge in [0.25, 0.3) is 5.91 Å². The molecule has 3 saturated heterocycles. The number of hydrogen-bond acceptors (Lipinski definition) is 5. The zero-order chi connectivity index (χ0) is 25.9. The van der Waals surface area contributed by atoms with Crippen molar-refractivity contribution in [2.24, 2.45) is 12.5 Å². The summed E-state index contributed by atoms with van der Waals surface area (Å²) < 4.78 is 14.6. The van der Waals surface area contributed by atoms with E-state index in [0.29, 0.717) is 0 Å². The number of aryl methyl sites for hydroxylation is 2. The minimum Gasteiger partial charge on any atom is -0.388 e. The normalized spacial score (nSPS) is 28.2. The van der Waals surface area contributed by atoms with Crippen molar-refractivity contribution in [2.45, 2.75) is 90.1 Å². The number of likely N-dealkylation sites (tertiary alicyclic amines) is 1. The summed E-state index contributed by atoms with van der Waals surface area (Å²) in [6.45, 7) is 12.1. The van der Waals surface area contributed by atoms with E-state index in [-0.39, 0.29) is 29.1 Å². The molecule has 3 atom stereocenters. The molecule has 0 radical (unpaired) electrons. The number of ether oxygens (including phenoxy) is 2. The monoisotopic (exact) mass is 495 g/mol. The minimum atomic E-state index is -0.840. The molecule has 1 aromatic carbocycles. The lowest BCUT2D eigenvalue weighted by Crippen LogP contribution is -2.45. The van der Waals surface area contributed by atoms with Crippen molar-refractivity contribution < 1.29 is 19.4 Å². The number of piperidine rings is 1. The van der Waals surface area contributed by atoms with E-state index in [9.17, 15) is 9.90 Å². The van der Waals surface area contributed by atoms with Crippen LogP contribution in [0.2, 0.25) is 0 Å². The number of benzene rings is 1. The number of amides is 1. The van der Waals surface area contributed by atoms with Gasteiger partial charge in [-0.1, -0.05) is 12.1 Å². The second-order valence-corrected chi connectivity index (χ2v) is 12.2. The number of aliphatic hydroxyl groups is 1. The molecule has 7 heteroatoms. The highest BCUT2D eigenvalue weighted by molar-refractivity contribution is 5.94. The molecule has 0 aliphatic carbocycles. The molecule has 196 valence electrons. The predicted octanol–water partition coefficient (Wildman–Crippen LogP) is 4.42. The maximum atomic E-state index is 13.3. The van der Waals surface area contributed by atoms with E-state index in [2.05, 4.69) is 18.9 Å². The molecule has 36 heavy (non-hydrogen) atoms. The molecule has 3 aliphatic heterocycles. The third-order valence-electron chi connectivity index (χ3n) is 9.03. The predicted molar refractivity (Wildman–Crippen MR) is 139 cm³/mol. The summed E-state index contributed by atoms with van der Waals surface area (Å²) >= 11 is 0. The van der Waals surface area contributed by atoms with Crippen LogP contribution >= 0.6 is 0 Å². The van der Waals surface area contributed by atoms with Gasteiger partial charge in [0.1, 0.15) is 0 Å². The molecule has 3 fully saturated rings. The zero-order valence-corrected chi connectivity index (χ0v) is 22.6. The van der Waals surface area contributed by atoms with Crippen LogP contribution in [0, 0.1) is 19.3 Å². The summed E-state index contributed by atoms with van der Waals surface area (Å²) in [6, 6.07) is 7.96. The SMILES string of the molecule is Cc1nn(C)c(C)c1-c1ccc(C(=O)N2CCC3(CC2)CO[C@@H]([C@@]2(C)CC[C@@H](C(C)(C)O)O2)C3)cc1. The van der Waals surface area contributed by atoms with Gasteiger partial charge < -0.3 is 19.5 Å². The molecule has 1 spiro atoms. The van der Waals surface area contributed by atoms with Gasteiger partial charge in [-0.25, -0.2) is 0 Å². The Kier molecular flexibility index (Phi) is 6.33. The number of rotatable bonds is 4. The Morgan fingerprint density at radius 3 is 2.36 bits per heavy atom. The first-order valence-electron chi connectivity index (χ1n) is 13.3. The molecular formula is C29H41N3O4. The summed E-state index contributed by atoms with van der Waals surface area (Å²) in [6.07, 6.45) is 4.51. The van der Waals surface area contributed by atoms with Gasteiger partial charge in [0.15, 0.2) is 0 Å². The van der Waals surface area contributed by atoms with Crippen LogP contribution in [0.3, 0.4) is 0 Å². The van der Waals surface area contributed by atoms with Crippen LogP contribution in [-0.2, 0) is 16.5 Å². The van der Waals surface area contributed by atoms with Crippen molar-refractivity contribution in [3.63, 3.8) is 0 Å². The Morgan fingerprint density at radius 1 is 1.14 bits per heavy atom. The van der Waals surface area contributed by atoms with E-state index in [1.165, 1.54) is 0 Å². The van der Waals surface area contributed by atoms with Gasteiger partial charge in [-0.15, -0.1) is 0 Å². The number of carbonyl (C=O) groups is 1. The first-order chi connectivity index (χ1) is 16.9. The Bertz CT molecular complexity index is 1120. The average Bonchev–Trinajstić information content (AvgIpc) is 3.51. The fourth-order valence-corrected chi connectivity index (χ4v) is 6.46. The van der Waals surface area contributed by atoms with Crippen molar-refractivity contribution in [3.8, 4) is 11.1 Å². The van der Waals surface area contributed by atoms with Gasteiger partial charge in [-0.05, 0) is 89.8 Å². The fourth-order valence-electron chi connectivity index (χ4n) is 6.46. The maximum absolute atomic E-state index is 13.3. The van der Waals surface area contributed by atoms with E-state index < -0.39 is 5.60 Å². The first kappa shape index (κ1) is 25.4. The van der Waals surface area contributed by atoms with Crippen molar-refractivity contribution in [3.05, 3.63) is 41.2 Å². The highest BCUT2D eigenvalue weighted by Gasteiger charge is 2.53. The van der Waals surface area contributed by atoms with Crippen LogP contribution in [0.1, 0.15) is 74.6 Å². The molecule has 2 aromatic rings. The van der Waals surface area contributed by atoms with Crippen molar-refractivity contribution in [2.75, 3.05) is 19.7 Å². The zero-order valence-electron chi connectivity index (χ0n) is 22.6. The molecule has 0 unspecified atom stereocenters. The van der Waals surface area contributed by atoms with Gasteiger partial charge in [-0.3, -0.25) is 9.48 Å². The van der Waals surface area contributed by atoms with Gasteiger partial charge in [0.2, 0.25) is 0 Å². The highest BCUT2D eigenvalue weighted by atomic mass is 16.6. The van der Waals surface area contributed by atoms with Crippen LogP contribution in [0.25, 0.3) is 11.1 Å². The van der Waals surface area contributed by atoms with E-state index in [1.807, 2.05) is 61.7 Å². The molecule has 3 aliphatic rings. The van der Waals surface area contributed by atoms with Crippen LogP contribution < -0.4 is 0 Å². The van der Waals surface area contributed by atoms with E-state index >= 15 is 0 Å². The Balaban J connectivity index is 1.19. The highest BCUT2D eigenvalue weighted by Crippen LogP contribution is 2.49. The number of carbonyl (C=O) groups excluding carboxylic acids is 1. The lowest BCUT2D eigenvalue weighted by molar-refractivity contribution is -0.155. The number of hydrogen-bond donors (Lipinski definition) is 1. The molecule has 1 aromatic heterocycles. The number of aromatic nitrogens is 2.